The van der Waals surface area contributed by atoms with Crippen molar-refractivity contribution in [2.75, 3.05) is 16.6 Å². The van der Waals surface area contributed by atoms with Crippen molar-refractivity contribution in [1.82, 2.24) is 9.97 Å². The lowest BCUT2D eigenvalue weighted by Gasteiger charge is -2.21. The normalized spacial score (nSPS) is 12.4. The number of benzene rings is 3. The molecule has 31 heavy (non-hydrogen) atoms. The summed E-state index contributed by atoms with van der Waals surface area (Å²) in [6.07, 6.45) is 0.420. The summed E-state index contributed by atoms with van der Waals surface area (Å²) in [6, 6.07) is 24.7. The van der Waals surface area contributed by atoms with E-state index in [4.69, 9.17) is 0 Å². The van der Waals surface area contributed by atoms with Crippen LogP contribution in [0.4, 0.5) is 11.6 Å². The minimum Gasteiger partial charge on any atom is -0.396 e. The van der Waals surface area contributed by atoms with Crippen molar-refractivity contribution in [3.63, 3.8) is 0 Å². The number of anilines is 2. The molecule has 8 heteroatoms. The zero-order chi connectivity index (χ0) is 21.7. The Hall–Kier alpha value is -3.49. The largest absolute Gasteiger partial charge is 0.396 e. The van der Waals surface area contributed by atoms with Gasteiger partial charge in [-0.3, -0.25) is 4.72 Å². The summed E-state index contributed by atoms with van der Waals surface area (Å²) in [5, 5.41) is 12.8. The van der Waals surface area contributed by atoms with Crippen molar-refractivity contribution >= 4 is 32.7 Å². The van der Waals surface area contributed by atoms with E-state index in [1.165, 1.54) is 12.1 Å². The highest BCUT2D eigenvalue weighted by Crippen LogP contribution is 2.29. The van der Waals surface area contributed by atoms with E-state index in [1.807, 2.05) is 48.5 Å². The number of aromatic nitrogens is 2. The van der Waals surface area contributed by atoms with Gasteiger partial charge in [0.1, 0.15) is 0 Å². The highest BCUT2D eigenvalue weighted by molar-refractivity contribution is 7.92. The highest BCUT2D eigenvalue weighted by Gasteiger charge is 2.21. The monoisotopic (exact) mass is 434 g/mol. The van der Waals surface area contributed by atoms with Gasteiger partial charge in [-0.05, 0) is 36.2 Å². The molecule has 1 atom stereocenters. The Labute approximate surface area is 180 Å². The third-order valence-electron chi connectivity index (χ3n) is 4.79. The Morgan fingerprint density at radius 3 is 1.94 bits per heavy atom. The van der Waals surface area contributed by atoms with E-state index >= 15 is 0 Å². The molecular weight excluding hydrogens is 412 g/mol. The average Bonchev–Trinajstić information content (AvgIpc) is 2.80. The predicted octanol–water partition coefficient (Wildman–Crippen LogP) is 3.97. The molecule has 3 aromatic carbocycles. The third kappa shape index (κ3) is 4.82. The molecule has 0 saturated heterocycles. The van der Waals surface area contributed by atoms with Crippen molar-refractivity contribution in [2.24, 2.45) is 0 Å². The van der Waals surface area contributed by atoms with Gasteiger partial charge < -0.3 is 10.4 Å². The molecule has 0 amide bonds. The van der Waals surface area contributed by atoms with Gasteiger partial charge in [0.25, 0.3) is 10.0 Å². The van der Waals surface area contributed by atoms with Crippen LogP contribution in [-0.4, -0.2) is 30.1 Å². The van der Waals surface area contributed by atoms with Crippen LogP contribution < -0.4 is 10.0 Å². The maximum Gasteiger partial charge on any atom is 0.263 e. The molecule has 0 fully saturated rings. The zero-order valence-corrected chi connectivity index (χ0v) is 17.5. The first kappa shape index (κ1) is 20.8. The first-order valence-corrected chi connectivity index (χ1v) is 11.3. The van der Waals surface area contributed by atoms with Crippen LogP contribution in [0.5, 0.6) is 0 Å². The van der Waals surface area contributed by atoms with Gasteiger partial charge in [0.15, 0.2) is 11.6 Å². The number of rotatable bonds is 8. The third-order valence-corrected chi connectivity index (χ3v) is 6.14. The quantitative estimate of drug-likeness (QED) is 0.388. The molecule has 0 aliphatic carbocycles. The van der Waals surface area contributed by atoms with Crippen molar-refractivity contribution < 1.29 is 13.5 Å². The number of para-hydroxylation sites is 2. The Kier molecular flexibility index (Phi) is 6.11. The highest BCUT2D eigenvalue weighted by atomic mass is 32.2. The summed E-state index contributed by atoms with van der Waals surface area (Å²) >= 11 is 0. The van der Waals surface area contributed by atoms with E-state index in [-0.39, 0.29) is 23.4 Å². The summed E-state index contributed by atoms with van der Waals surface area (Å²) in [5.74, 6) is 0.391. The lowest BCUT2D eigenvalue weighted by atomic mass is 10.0. The number of nitrogens with one attached hydrogen (secondary N) is 2. The Balaban J connectivity index is 1.76. The van der Waals surface area contributed by atoms with Gasteiger partial charge in [-0.2, -0.15) is 0 Å². The van der Waals surface area contributed by atoms with Crippen LogP contribution in [0.3, 0.4) is 0 Å². The van der Waals surface area contributed by atoms with E-state index in [1.54, 1.807) is 24.3 Å². The van der Waals surface area contributed by atoms with Crippen LogP contribution in [0, 0.1) is 0 Å². The van der Waals surface area contributed by atoms with E-state index in [0.29, 0.717) is 23.3 Å². The summed E-state index contributed by atoms with van der Waals surface area (Å²) in [4.78, 5) is 9.26. The number of aliphatic hydroxyl groups excluding tert-OH is 1. The van der Waals surface area contributed by atoms with E-state index in [2.05, 4.69) is 20.0 Å². The fraction of sp³-hybridized carbons (Fsp3) is 0.130. The van der Waals surface area contributed by atoms with Gasteiger partial charge >= 0.3 is 0 Å². The van der Waals surface area contributed by atoms with Crippen LogP contribution in [0.1, 0.15) is 18.0 Å². The SMILES string of the molecule is O=S(=O)(Nc1nc2ccccc2nc1N[C@H](CCO)c1ccccc1)c1ccccc1. The van der Waals surface area contributed by atoms with Crippen LogP contribution >= 0.6 is 0 Å². The van der Waals surface area contributed by atoms with Crippen molar-refractivity contribution in [2.45, 2.75) is 17.4 Å². The van der Waals surface area contributed by atoms with E-state index in [0.717, 1.165) is 5.56 Å². The Bertz CT molecular complexity index is 1270. The minimum absolute atomic E-state index is 0.0430. The van der Waals surface area contributed by atoms with Gasteiger partial charge in [0.05, 0.1) is 22.0 Å². The van der Waals surface area contributed by atoms with Gasteiger partial charge in [-0.25, -0.2) is 18.4 Å². The Morgan fingerprint density at radius 1 is 0.774 bits per heavy atom. The molecule has 4 rings (SSSR count). The molecule has 4 aromatic rings. The first-order chi connectivity index (χ1) is 15.1. The van der Waals surface area contributed by atoms with Crippen molar-refractivity contribution in [3.05, 3.63) is 90.5 Å². The summed E-state index contributed by atoms with van der Waals surface area (Å²) < 4.78 is 28.4. The molecule has 0 bridgehead atoms. The second-order valence-corrected chi connectivity index (χ2v) is 8.63. The van der Waals surface area contributed by atoms with E-state index in [9.17, 15) is 13.5 Å². The molecular formula is C23H22N4O3S. The lowest BCUT2D eigenvalue weighted by molar-refractivity contribution is 0.280. The molecule has 3 N–H and O–H groups in total. The Morgan fingerprint density at radius 2 is 1.32 bits per heavy atom. The van der Waals surface area contributed by atoms with Crippen LogP contribution in [0.2, 0.25) is 0 Å². The summed E-state index contributed by atoms with van der Waals surface area (Å²) in [6.45, 7) is -0.0430. The number of fused-ring (bicyclic) bond motifs is 1. The van der Waals surface area contributed by atoms with Gasteiger partial charge in [0, 0.05) is 6.61 Å². The minimum atomic E-state index is -3.86. The first-order valence-electron chi connectivity index (χ1n) is 9.84. The molecule has 1 heterocycles. The molecule has 7 nitrogen and oxygen atoms in total. The van der Waals surface area contributed by atoms with Crippen molar-refractivity contribution in [1.29, 1.82) is 0 Å². The van der Waals surface area contributed by atoms with Gasteiger partial charge in [-0.15, -0.1) is 0 Å². The van der Waals surface area contributed by atoms with Crippen molar-refractivity contribution in [3.8, 4) is 0 Å². The topological polar surface area (TPSA) is 104 Å². The summed E-state index contributed by atoms with van der Waals surface area (Å²) in [7, 11) is -3.86. The number of nitrogens with zero attached hydrogens (tertiary/aromatic N) is 2. The maximum absolute atomic E-state index is 12.9. The zero-order valence-electron chi connectivity index (χ0n) is 16.6. The second kappa shape index (κ2) is 9.11. The second-order valence-electron chi connectivity index (χ2n) is 6.95. The molecule has 0 saturated carbocycles. The summed E-state index contributed by atoms with van der Waals surface area (Å²) in [5.41, 5.74) is 2.14. The van der Waals surface area contributed by atoms with E-state index < -0.39 is 10.0 Å². The van der Waals surface area contributed by atoms with Gasteiger partial charge in [0.2, 0.25) is 0 Å². The van der Waals surface area contributed by atoms with Crippen LogP contribution in [0.25, 0.3) is 11.0 Å². The molecule has 0 spiro atoms. The lowest BCUT2D eigenvalue weighted by Crippen LogP contribution is -2.19. The molecule has 0 unspecified atom stereocenters. The smallest absolute Gasteiger partial charge is 0.263 e. The number of aliphatic hydroxyl groups is 1. The number of hydrogen-bond donors (Lipinski definition) is 3. The molecule has 0 radical (unpaired) electrons. The molecule has 1 aromatic heterocycles. The van der Waals surface area contributed by atoms with Gasteiger partial charge in [-0.1, -0.05) is 60.7 Å². The fourth-order valence-electron chi connectivity index (χ4n) is 3.26. The standard InChI is InChI=1S/C23H22N4O3S/c28-16-15-19(17-9-3-1-4-10-17)24-22-23(26-21-14-8-7-13-20(21)25-22)27-31(29,30)18-11-5-2-6-12-18/h1-14,19,28H,15-16H2,(H,24,25)(H,26,27)/t19-/m1/s1. The fourth-order valence-corrected chi connectivity index (χ4v) is 4.29. The molecule has 0 aliphatic rings. The van der Waals surface area contributed by atoms with Crippen LogP contribution in [0.15, 0.2) is 89.8 Å². The number of hydrogen-bond acceptors (Lipinski definition) is 6. The maximum atomic E-state index is 12.9. The average molecular weight is 435 g/mol. The molecule has 158 valence electrons. The van der Waals surface area contributed by atoms with Crippen LogP contribution in [-0.2, 0) is 10.0 Å². The molecule has 0 aliphatic heterocycles. The predicted molar refractivity (Wildman–Crippen MR) is 121 cm³/mol. The number of sulfonamides is 1.